The average molecular weight is 370 g/mol. The summed E-state index contributed by atoms with van der Waals surface area (Å²) in [6.07, 6.45) is -0.958. The van der Waals surface area contributed by atoms with Gasteiger partial charge >= 0.3 is 5.97 Å². The second-order valence-electron chi connectivity index (χ2n) is 5.88. The zero-order valence-electron chi connectivity index (χ0n) is 15.4. The van der Waals surface area contributed by atoms with Gasteiger partial charge in [0.2, 0.25) is 5.91 Å². The first kappa shape index (κ1) is 20.0. The van der Waals surface area contributed by atoms with Gasteiger partial charge in [0, 0.05) is 19.2 Å². The Balaban J connectivity index is 1.89. The van der Waals surface area contributed by atoms with Gasteiger partial charge in [0.1, 0.15) is 5.75 Å². The van der Waals surface area contributed by atoms with Crippen LogP contribution in [0.25, 0.3) is 0 Å². The average Bonchev–Trinajstić information content (AvgIpc) is 2.66. The molecule has 27 heavy (non-hydrogen) atoms. The van der Waals surface area contributed by atoms with Crippen molar-refractivity contribution in [2.45, 2.75) is 26.5 Å². The summed E-state index contributed by atoms with van der Waals surface area (Å²) in [5.74, 6) is -0.563. The van der Waals surface area contributed by atoms with E-state index >= 15 is 0 Å². The summed E-state index contributed by atoms with van der Waals surface area (Å²) in [7, 11) is 1.58. The van der Waals surface area contributed by atoms with E-state index in [1.54, 1.807) is 37.4 Å². The van der Waals surface area contributed by atoms with Crippen molar-refractivity contribution in [2.24, 2.45) is 0 Å². The van der Waals surface area contributed by atoms with E-state index in [9.17, 15) is 14.4 Å². The summed E-state index contributed by atoms with van der Waals surface area (Å²) >= 11 is 0. The maximum Gasteiger partial charge on any atom is 0.338 e. The number of anilines is 1. The first-order valence-corrected chi connectivity index (χ1v) is 8.38. The summed E-state index contributed by atoms with van der Waals surface area (Å²) in [6.45, 7) is 3.18. The largest absolute Gasteiger partial charge is 0.497 e. The standard InChI is InChI=1S/C20H22N2O5/c1-13(19(24)21-12-15-7-9-18(26-3)10-8-15)27-20(25)16-5-4-6-17(11-16)22-14(2)23/h4-11,13H,12H2,1-3H3,(H,21,24)(H,22,23)/t13-/m0/s1. The van der Waals surface area contributed by atoms with E-state index in [2.05, 4.69) is 10.6 Å². The number of carbonyl (C=O) groups is 3. The molecule has 2 rings (SSSR count). The van der Waals surface area contributed by atoms with Gasteiger partial charge in [0.25, 0.3) is 5.91 Å². The molecule has 0 aliphatic heterocycles. The molecule has 2 amide bonds. The van der Waals surface area contributed by atoms with Crippen LogP contribution in [0.15, 0.2) is 48.5 Å². The quantitative estimate of drug-likeness (QED) is 0.731. The topological polar surface area (TPSA) is 93.7 Å². The highest BCUT2D eigenvalue weighted by Crippen LogP contribution is 2.13. The van der Waals surface area contributed by atoms with E-state index in [1.165, 1.54) is 19.9 Å². The van der Waals surface area contributed by atoms with Gasteiger partial charge < -0.3 is 20.1 Å². The van der Waals surface area contributed by atoms with Gasteiger partial charge in [0.05, 0.1) is 12.7 Å². The molecule has 7 nitrogen and oxygen atoms in total. The Labute approximate surface area is 157 Å². The fraction of sp³-hybridized carbons (Fsp3) is 0.250. The van der Waals surface area contributed by atoms with E-state index in [4.69, 9.17) is 9.47 Å². The molecule has 0 aromatic heterocycles. The van der Waals surface area contributed by atoms with Crippen molar-refractivity contribution in [3.05, 3.63) is 59.7 Å². The zero-order chi connectivity index (χ0) is 19.8. The van der Waals surface area contributed by atoms with Crippen LogP contribution in [-0.4, -0.2) is 31.0 Å². The predicted molar refractivity (Wildman–Crippen MR) is 100 cm³/mol. The highest BCUT2D eigenvalue weighted by Gasteiger charge is 2.19. The Kier molecular flexibility index (Phi) is 6.93. The molecule has 0 aliphatic carbocycles. The molecule has 0 aliphatic rings. The molecule has 0 radical (unpaired) electrons. The molecule has 0 fully saturated rings. The Morgan fingerprint density at radius 3 is 2.41 bits per heavy atom. The lowest BCUT2D eigenvalue weighted by molar-refractivity contribution is -0.129. The first-order valence-electron chi connectivity index (χ1n) is 8.38. The summed E-state index contributed by atoms with van der Waals surface area (Å²) in [5.41, 5.74) is 1.62. The minimum Gasteiger partial charge on any atom is -0.497 e. The van der Waals surface area contributed by atoms with Crippen LogP contribution in [0.4, 0.5) is 5.69 Å². The molecule has 2 N–H and O–H groups in total. The second-order valence-corrected chi connectivity index (χ2v) is 5.88. The van der Waals surface area contributed by atoms with Crippen molar-refractivity contribution >= 4 is 23.5 Å². The van der Waals surface area contributed by atoms with Crippen LogP contribution in [0, 0.1) is 0 Å². The van der Waals surface area contributed by atoms with Crippen molar-refractivity contribution in [3.8, 4) is 5.75 Å². The van der Waals surface area contributed by atoms with Crippen molar-refractivity contribution in [1.82, 2.24) is 5.32 Å². The molecule has 2 aromatic rings. The minimum atomic E-state index is -0.958. The van der Waals surface area contributed by atoms with Gasteiger partial charge in [-0.1, -0.05) is 18.2 Å². The lowest BCUT2D eigenvalue weighted by Crippen LogP contribution is -2.35. The van der Waals surface area contributed by atoms with Crippen LogP contribution in [0.2, 0.25) is 0 Å². The lowest BCUT2D eigenvalue weighted by Gasteiger charge is -2.14. The van der Waals surface area contributed by atoms with Gasteiger partial charge in [-0.25, -0.2) is 4.79 Å². The highest BCUT2D eigenvalue weighted by molar-refractivity contribution is 5.95. The number of methoxy groups -OCH3 is 1. The van der Waals surface area contributed by atoms with Gasteiger partial charge in [-0.2, -0.15) is 0 Å². The molecule has 0 bridgehead atoms. The SMILES string of the molecule is COc1ccc(CNC(=O)[C@H](C)OC(=O)c2cccc(NC(C)=O)c2)cc1. The van der Waals surface area contributed by atoms with Crippen LogP contribution in [0.5, 0.6) is 5.75 Å². The number of benzene rings is 2. The maximum atomic E-state index is 12.2. The number of rotatable bonds is 7. The van der Waals surface area contributed by atoms with Crippen molar-refractivity contribution in [3.63, 3.8) is 0 Å². The smallest absolute Gasteiger partial charge is 0.338 e. The third-order valence-corrected chi connectivity index (χ3v) is 3.70. The summed E-state index contributed by atoms with van der Waals surface area (Å²) < 4.78 is 10.3. The minimum absolute atomic E-state index is 0.244. The first-order chi connectivity index (χ1) is 12.9. The molecule has 7 heteroatoms. The molecule has 1 atom stereocenters. The summed E-state index contributed by atoms with van der Waals surface area (Å²) in [6, 6.07) is 13.6. The van der Waals surface area contributed by atoms with Crippen molar-refractivity contribution in [1.29, 1.82) is 0 Å². The number of carbonyl (C=O) groups excluding carboxylic acids is 3. The number of esters is 1. The van der Waals surface area contributed by atoms with E-state index in [-0.39, 0.29) is 11.5 Å². The van der Waals surface area contributed by atoms with Crippen LogP contribution in [0.1, 0.15) is 29.8 Å². The fourth-order valence-corrected chi connectivity index (χ4v) is 2.29. The monoisotopic (exact) mass is 370 g/mol. The molecule has 0 saturated heterocycles. The molecular weight excluding hydrogens is 348 g/mol. The third-order valence-electron chi connectivity index (χ3n) is 3.70. The number of hydrogen-bond acceptors (Lipinski definition) is 5. The Hall–Kier alpha value is -3.35. The zero-order valence-corrected chi connectivity index (χ0v) is 15.4. The van der Waals surface area contributed by atoms with Gasteiger partial charge in [-0.05, 0) is 42.8 Å². The van der Waals surface area contributed by atoms with E-state index in [0.717, 1.165) is 11.3 Å². The third kappa shape index (κ3) is 6.14. The van der Waals surface area contributed by atoms with Crippen LogP contribution >= 0.6 is 0 Å². The van der Waals surface area contributed by atoms with Gasteiger partial charge in [-0.15, -0.1) is 0 Å². The second kappa shape index (κ2) is 9.38. The van der Waals surface area contributed by atoms with E-state index in [1.807, 2.05) is 12.1 Å². The van der Waals surface area contributed by atoms with Gasteiger partial charge in [-0.3, -0.25) is 9.59 Å². The molecule has 0 heterocycles. The van der Waals surface area contributed by atoms with Crippen LogP contribution in [0.3, 0.4) is 0 Å². The molecule has 0 spiro atoms. The molecule has 0 unspecified atom stereocenters. The summed E-state index contributed by atoms with van der Waals surface area (Å²) in [4.78, 5) is 35.5. The highest BCUT2D eigenvalue weighted by atomic mass is 16.5. The van der Waals surface area contributed by atoms with Crippen LogP contribution in [-0.2, 0) is 20.9 Å². The van der Waals surface area contributed by atoms with E-state index in [0.29, 0.717) is 12.2 Å². The maximum absolute atomic E-state index is 12.2. The fourth-order valence-electron chi connectivity index (χ4n) is 2.29. The van der Waals surface area contributed by atoms with Gasteiger partial charge in [0.15, 0.2) is 6.10 Å². The Morgan fingerprint density at radius 2 is 1.78 bits per heavy atom. The van der Waals surface area contributed by atoms with Crippen molar-refractivity contribution < 1.29 is 23.9 Å². The number of hydrogen-bond donors (Lipinski definition) is 2. The molecule has 142 valence electrons. The number of nitrogens with one attached hydrogen (secondary N) is 2. The van der Waals surface area contributed by atoms with Crippen LogP contribution < -0.4 is 15.4 Å². The predicted octanol–water partition coefficient (Wildman–Crippen LogP) is 2.52. The van der Waals surface area contributed by atoms with Crippen molar-refractivity contribution in [2.75, 3.05) is 12.4 Å². The summed E-state index contributed by atoms with van der Waals surface area (Å²) in [5, 5.41) is 5.30. The molecule has 2 aromatic carbocycles. The Morgan fingerprint density at radius 1 is 1.07 bits per heavy atom. The Bertz CT molecular complexity index is 817. The number of amides is 2. The normalized spacial score (nSPS) is 11.2. The molecule has 0 saturated carbocycles. The van der Waals surface area contributed by atoms with E-state index < -0.39 is 18.0 Å². The number of ether oxygens (including phenoxy) is 2. The lowest BCUT2D eigenvalue weighted by atomic mass is 10.2. The molecular formula is C20H22N2O5.